The van der Waals surface area contributed by atoms with Gasteiger partial charge >= 0.3 is 5.91 Å². The Bertz CT molecular complexity index is 753. The normalized spacial score (nSPS) is 16.0. The summed E-state index contributed by atoms with van der Waals surface area (Å²) in [5.41, 5.74) is 4.15. The molecule has 3 rings (SSSR count). The molecule has 0 spiro atoms. The third-order valence-corrected chi connectivity index (χ3v) is 3.02. The third-order valence-electron chi connectivity index (χ3n) is 3.02. The zero-order valence-electron chi connectivity index (χ0n) is 11.8. The number of rotatable bonds is 3. The first-order chi connectivity index (χ1) is 10.6. The zero-order chi connectivity index (χ0) is 15.5. The molecule has 2 heterocycles. The van der Waals surface area contributed by atoms with Gasteiger partial charge in [0.1, 0.15) is 5.75 Å². The van der Waals surface area contributed by atoms with Crippen LogP contribution < -0.4 is 10.4 Å². The summed E-state index contributed by atoms with van der Waals surface area (Å²) in [6.07, 6.45) is 1.59. The van der Waals surface area contributed by atoms with Crippen LogP contribution in [0.1, 0.15) is 6.92 Å². The van der Waals surface area contributed by atoms with Gasteiger partial charge in [0.05, 0.1) is 11.4 Å². The van der Waals surface area contributed by atoms with Crippen LogP contribution in [0, 0.1) is 0 Å². The summed E-state index contributed by atoms with van der Waals surface area (Å²) in [4.78, 5) is 16.5. The van der Waals surface area contributed by atoms with E-state index in [-0.39, 0.29) is 17.4 Å². The minimum absolute atomic E-state index is 0.161. The summed E-state index contributed by atoms with van der Waals surface area (Å²) in [6, 6.07) is 11.6. The van der Waals surface area contributed by atoms with Crippen molar-refractivity contribution in [1.82, 2.24) is 4.98 Å². The van der Waals surface area contributed by atoms with Crippen molar-refractivity contribution in [2.24, 2.45) is 10.2 Å². The molecule has 1 aliphatic heterocycles. The van der Waals surface area contributed by atoms with Gasteiger partial charge in [-0.05, 0) is 43.3 Å². The van der Waals surface area contributed by atoms with Crippen LogP contribution in [-0.2, 0) is 4.79 Å². The molecule has 2 N–H and O–H groups in total. The van der Waals surface area contributed by atoms with Crippen molar-refractivity contribution in [3.05, 3.63) is 48.7 Å². The molecule has 0 atom stereocenters. The number of nitrogens with one attached hydrogen (secondary N) is 1. The summed E-state index contributed by atoms with van der Waals surface area (Å²) in [6.45, 7) is 1.71. The molecule has 7 nitrogen and oxygen atoms in total. The second kappa shape index (κ2) is 5.65. The van der Waals surface area contributed by atoms with Gasteiger partial charge in [0.15, 0.2) is 11.5 Å². The fourth-order valence-corrected chi connectivity index (χ4v) is 1.92. The first-order valence-corrected chi connectivity index (χ1v) is 6.59. The zero-order valence-corrected chi connectivity index (χ0v) is 11.8. The highest BCUT2D eigenvalue weighted by Crippen LogP contribution is 2.17. The number of pyridine rings is 1. The van der Waals surface area contributed by atoms with Crippen molar-refractivity contribution in [2.45, 2.75) is 6.92 Å². The van der Waals surface area contributed by atoms with Gasteiger partial charge in [-0.1, -0.05) is 6.07 Å². The SMILES string of the molecule is CC1=NN(c2ccccn2)C(=O)/C1=N\Nc1ccc(O)cc1. The van der Waals surface area contributed by atoms with Crippen LogP contribution in [0.15, 0.2) is 58.9 Å². The molecule has 1 aromatic carbocycles. The Labute approximate surface area is 126 Å². The van der Waals surface area contributed by atoms with Crippen molar-refractivity contribution in [3.63, 3.8) is 0 Å². The second-order valence-corrected chi connectivity index (χ2v) is 4.61. The molecule has 22 heavy (non-hydrogen) atoms. The maximum atomic E-state index is 12.4. The Balaban J connectivity index is 1.81. The summed E-state index contributed by atoms with van der Waals surface area (Å²) < 4.78 is 0. The third kappa shape index (κ3) is 2.64. The Morgan fingerprint density at radius 3 is 2.64 bits per heavy atom. The minimum atomic E-state index is -0.345. The largest absolute Gasteiger partial charge is 0.508 e. The number of hydrogen-bond acceptors (Lipinski definition) is 6. The van der Waals surface area contributed by atoms with E-state index in [9.17, 15) is 9.90 Å². The number of amides is 1. The highest BCUT2D eigenvalue weighted by molar-refractivity contribution is 6.71. The number of phenolic OH excluding ortho intramolecular Hbond substituents is 1. The topological polar surface area (TPSA) is 90.2 Å². The van der Waals surface area contributed by atoms with E-state index in [0.29, 0.717) is 17.2 Å². The number of benzene rings is 1. The smallest absolute Gasteiger partial charge is 0.302 e. The molecule has 2 aromatic rings. The molecule has 0 saturated heterocycles. The van der Waals surface area contributed by atoms with Gasteiger partial charge in [0, 0.05) is 6.20 Å². The van der Waals surface area contributed by atoms with E-state index in [0.717, 1.165) is 0 Å². The van der Waals surface area contributed by atoms with E-state index in [4.69, 9.17) is 0 Å². The number of hydrazone groups is 2. The van der Waals surface area contributed by atoms with Crippen molar-refractivity contribution < 1.29 is 9.90 Å². The van der Waals surface area contributed by atoms with Crippen LogP contribution in [0.25, 0.3) is 0 Å². The van der Waals surface area contributed by atoms with Crippen molar-refractivity contribution >= 4 is 28.8 Å². The van der Waals surface area contributed by atoms with Crippen LogP contribution in [0.5, 0.6) is 5.75 Å². The molecule has 7 heteroatoms. The summed E-state index contributed by atoms with van der Waals surface area (Å²) in [5, 5.41) is 18.7. The molecule has 1 aromatic heterocycles. The average Bonchev–Trinajstić information content (AvgIpc) is 2.82. The van der Waals surface area contributed by atoms with Gasteiger partial charge in [-0.2, -0.15) is 15.2 Å². The second-order valence-electron chi connectivity index (χ2n) is 4.61. The maximum absolute atomic E-state index is 12.4. The number of carbonyl (C=O) groups is 1. The first-order valence-electron chi connectivity index (χ1n) is 6.59. The van der Waals surface area contributed by atoms with Gasteiger partial charge in [-0.15, -0.1) is 0 Å². The van der Waals surface area contributed by atoms with Crippen LogP contribution in [0.3, 0.4) is 0 Å². The Morgan fingerprint density at radius 1 is 1.18 bits per heavy atom. The van der Waals surface area contributed by atoms with Gasteiger partial charge in [0.2, 0.25) is 0 Å². The number of hydrogen-bond donors (Lipinski definition) is 2. The molecule has 0 aliphatic carbocycles. The standard InChI is InChI=1S/C15H13N5O2/c1-10-14(18-17-11-5-7-12(21)8-6-11)15(22)20(19-10)13-4-2-3-9-16-13/h2-9,17,21H,1H3/b18-14-. The Morgan fingerprint density at radius 2 is 1.95 bits per heavy atom. The van der Waals surface area contributed by atoms with Gasteiger partial charge < -0.3 is 5.11 Å². The first kappa shape index (κ1) is 13.7. The Hall–Kier alpha value is -3.22. The van der Waals surface area contributed by atoms with Crippen LogP contribution in [-0.4, -0.2) is 27.4 Å². The molecule has 0 saturated carbocycles. The number of carbonyl (C=O) groups excluding carboxylic acids is 1. The van der Waals surface area contributed by atoms with Gasteiger partial charge in [-0.3, -0.25) is 10.2 Å². The monoisotopic (exact) mass is 295 g/mol. The van der Waals surface area contributed by atoms with Crippen molar-refractivity contribution in [2.75, 3.05) is 10.4 Å². The molecule has 1 aliphatic rings. The van der Waals surface area contributed by atoms with Gasteiger partial charge in [0.25, 0.3) is 0 Å². The maximum Gasteiger partial charge on any atom is 0.302 e. The lowest BCUT2D eigenvalue weighted by Gasteiger charge is -2.09. The number of aromatic nitrogens is 1. The molecular weight excluding hydrogens is 282 g/mol. The lowest BCUT2D eigenvalue weighted by molar-refractivity contribution is -0.112. The van der Waals surface area contributed by atoms with Crippen molar-refractivity contribution in [3.8, 4) is 5.75 Å². The number of phenols is 1. The lowest BCUT2D eigenvalue weighted by atomic mass is 10.2. The summed E-state index contributed by atoms with van der Waals surface area (Å²) in [5.74, 6) is 0.262. The van der Waals surface area contributed by atoms with E-state index in [1.807, 2.05) is 0 Å². The fourth-order valence-electron chi connectivity index (χ4n) is 1.92. The quantitative estimate of drug-likeness (QED) is 0.669. The average molecular weight is 295 g/mol. The van der Waals surface area contributed by atoms with Crippen molar-refractivity contribution in [1.29, 1.82) is 0 Å². The highest BCUT2D eigenvalue weighted by atomic mass is 16.3. The fraction of sp³-hybridized carbons (Fsp3) is 0.0667. The number of anilines is 2. The van der Waals surface area contributed by atoms with E-state index in [1.165, 1.54) is 17.1 Å². The van der Waals surface area contributed by atoms with E-state index in [2.05, 4.69) is 20.6 Å². The van der Waals surface area contributed by atoms with Gasteiger partial charge in [-0.25, -0.2) is 4.98 Å². The molecule has 0 unspecified atom stereocenters. The Kier molecular flexibility index (Phi) is 3.53. The van der Waals surface area contributed by atoms with Crippen LogP contribution in [0.4, 0.5) is 11.5 Å². The van der Waals surface area contributed by atoms with Crippen LogP contribution >= 0.6 is 0 Å². The van der Waals surface area contributed by atoms with E-state index >= 15 is 0 Å². The predicted octanol–water partition coefficient (Wildman–Crippen LogP) is 1.98. The molecule has 110 valence electrons. The summed E-state index contributed by atoms with van der Waals surface area (Å²) in [7, 11) is 0. The molecular formula is C15H13N5O2. The van der Waals surface area contributed by atoms with E-state index in [1.54, 1.807) is 43.5 Å². The number of aromatic hydroxyl groups is 1. The minimum Gasteiger partial charge on any atom is -0.508 e. The highest BCUT2D eigenvalue weighted by Gasteiger charge is 2.31. The lowest BCUT2D eigenvalue weighted by Crippen LogP contribution is -2.28. The predicted molar refractivity (Wildman–Crippen MR) is 84.0 cm³/mol. The van der Waals surface area contributed by atoms with E-state index < -0.39 is 0 Å². The molecule has 0 bridgehead atoms. The molecule has 0 fully saturated rings. The molecule has 0 radical (unpaired) electrons. The summed E-state index contributed by atoms with van der Waals surface area (Å²) >= 11 is 0. The molecule has 1 amide bonds. The van der Waals surface area contributed by atoms with Crippen LogP contribution in [0.2, 0.25) is 0 Å². The number of nitrogens with zero attached hydrogens (tertiary/aromatic N) is 4.